The van der Waals surface area contributed by atoms with Crippen molar-refractivity contribution in [3.05, 3.63) is 84.4 Å². The molecule has 4 aromatic rings. The van der Waals surface area contributed by atoms with Gasteiger partial charge in [0.1, 0.15) is 5.75 Å². The predicted molar refractivity (Wildman–Crippen MR) is 130 cm³/mol. The zero-order chi connectivity index (χ0) is 23.0. The van der Waals surface area contributed by atoms with Gasteiger partial charge >= 0.3 is 0 Å². The van der Waals surface area contributed by atoms with Crippen LogP contribution < -0.4 is 19.6 Å². The van der Waals surface area contributed by atoms with Crippen molar-refractivity contribution < 1.29 is 14.2 Å². The number of hydrazone groups is 1. The molecule has 0 atom stereocenters. The number of rotatable bonds is 8. The lowest BCUT2D eigenvalue weighted by molar-refractivity contribution is 0.355. The van der Waals surface area contributed by atoms with E-state index < -0.39 is 0 Å². The number of nitrogens with one attached hydrogen (secondary N) is 1. The van der Waals surface area contributed by atoms with Crippen LogP contribution in [0.2, 0.25) is 0 Å². The molecule has 33 heavy (non-hydrogen) atoms. The monoisotopic (exact) mass is 440 g/mol. The van der Waals surface area contributed by atoms with Crippen molar-refractivity contribution >= 4 is 12.2 Å². The van der Waals surface area contributed by atoms with Crippen LogP contribution in [0.3, 0.4) is 0 Å². The molecule has 1 N–H and O–H groups in total. The second kappa shape index (κ2) is 10.3. The van der Waals surface area contributed by atoms with Crippen molar-refractivity contribution in [3.8, 4) is 39.8 Å². The van der Waals surface area contributed by atoms with E-state index in [9.17, 15) is 0 Å². The molecule has 7 heteroatoms. The van der Waals surface area contributed by atoms with Gasteiger partial charge in [0, 0.05) is 11.1 Å². The summed E-state index contributed by atoms with van der Waals surface area (Å²) >= 11 is 0. The minimum atomic E-state index is 0.380. The van der Waals surface area contributed by atoms with Crippen LogP contribution in [-0.2, 0) is 0 Å². The Labute approximate surface area is 192 Å². The highest BCUT2D eigenvalue weighted by Crippen LogP contribution is 2.33. The van der Waals surface area contributed by atoms with Gasteiger partial charge in [-0.15, -0.1) is 0 Å². The molecule has 0 bridgehead atoms. The molecule has 0 unspecified atom stereocenters. The largest absolute Gasteiger partial charge is 0.497 e. The molecule has 0 aliphatic rings. The van der Waals surface area contributed by atoms with Gasteiger partial charge in [0.2, 0.25) is 5.95 Å². The fourth-order valence-electron chi connectivity index (χ4n) is 3.25. The Morgan fingerprint density at radius 3 is 2.06 bits per heavy atom. The standard InChI is InChI=1S/C26H24N4O3/c1-31-21-12-9-18(10-13-21)17-27-30-26-28-22(19-7-5-4-6-8-19)16-23(29-26)20-11-14-24(32-2)25(15-20)33-3/h4-17H,1-3H3,(H,28,29,30)/b27-17+. The molecule has 0 amide bonds. The van der Waals surface area contributed by atoms with Gasteiger partial charge in [-0.1, -0.05) is 30.3 Å². The summed E-state index contributed by atoms with van der Waals surface area (Å²) in [4.78, 5) is 9.32. The molecule has 3 aromatic carbocycles. The van der Waals surface area contributed by atoms with E-state index >= 15 is 0 Å². The van der Waals surface area contributed by atoms with Crippen molar-refractivity contribution in [1.82, 2.24) is 9.97 Å². The number of anilines is 1. The van der Waals surface area contributed by atoms with E-state index in [1.54, 1.807) is 27.5 Å². The van der Waals surface area contributed by atoms with Gasteiger partial charge in [0.25, 0.3) is 0 Å². The van der Waals surface area contributed by atoms with E-state index in [1.807, 2.05) is 78.9 Å². The first kappa shape index (κ1) is 21.8. The van der Waals surface area contributed by atoms with Crippen molar-refractivity contribution in [2.45, 2.75) is 0 Å². The lowest BCUT2D eigenvalue weighted by atomic mass is 10.1. The average Bonchev–Trinajstić information content (AvgIpc) is 2.89. The third-order valence-electron chi connectivity index (χ3n) is 4.97. The predicted octanol–water partition coefficient (Wildman–Crippen LogP) is 5.28. The number of aromatic nitrogens is 2. The van der Waals surface area contributed by atoms with Crippen molar-refractivity contribution in [2.24, 2.45) is 5.10 Å². The second-order valence-electron chi connectivity index (χ2n) is 7.04. The number of ether oxygens (including phenoxy) is 3. The van der Waals surface area contributed by atoms with Crippen LogP contribution in [-0.4, -0.2) is 37.5 Å². The first-order valence-electron chi connectivity index (χ1n) is 10.3. The van der Waals surface area contributed by atoms with E-state index in [0.717, 1.165) is 33.8 Å². The minimum absolute atomic E-state index is 0.380. The van der Waals surface area contributed by atoms with Gasteiger partial charge in [-0.3, -0.25) is 0 Å². The molecule has 0 saturated heterocycles. The maximum atomic E-state index is 5.46. The summed E-state index contributed by atoms with van der Waals surface area (Å²) in [7, 11) is 4.86. The Balaban J connectivity index is 1.68. The van der Waals surface area contributed by atoms with Crippen molar-refractivity contribution in [2.75, 3.05) is 26.8 Å². The molecule has 1 heterocycles. The minimum Gasteiger partial charge on any atom is -0.497 e. The Morgan fingerprint density at radius 2 is 1.39 bits per heavy atom. The normalized spacial score (nSPS) is 10.8. The van der Waals surface area contributed by atoms with E-state index in [2.05, 4.69) is 20.5 Å². The van der Waals surface area contributed by atoms with Crippen LogP contribution in [0, 0.1) is 0 Å². The Kier molecular flexibility index (Phi) is 6.80. The first-order chi connectivity index (χ1) is 16.2. The quantitative estimate of drug-likeness (QED) is 0.297. The molecule has 1 aromatic heterocycles. The zero-order valence-corrected chi connectivity index (χ0v) is 18.6. The van der Waals surface area contributed by atoms with Crippen molar-refractivity contribution in [1.29, 1.82) is 0 Å². The summed E-state index contributed by atoms with van der Waals surface area (Å²) in [6.07, 6.45) is 1.70. The van der Waals surface area contributed by atoms with Gasteiger partial charge in [0.05, 0.1) is 38.9 Å². The molecule has 166 valence electrons. The summed E-state index contributed by atoms with van der Waals surface area (Å²) < 4.78 is 16.0. The smallest absolute Gasteiger partial charge is 0.244 e. The molecule has 0 saturated carbocycles. The van der Waals surface area contributed by atoms with Gasteiger partial charge in [0.15, 0.2) is 11.5 Å². The number of methoxy groups -OCH3 is 3. The third kappa shape index (κ3) is 5.27. The fourth-order valence-corrected chi connectivity index (χ4v) is 3.25. The fraction of sp³-hybridized carbons (Fsp3) is 0.115. The van der Waals surface area contributed by atoms with Crippen LogP contribution in [0.25, 0.3) is 22.5 Å². The Morgan fingerprint density at radius 1 is 0.697 bits per heavy atom. The average molecular weight is 441 g/mol. The Bertz CT molecular complexity index is 1240. The van der Waals surface area contributed by atoms with Crippen LogP contribution >= 0.6 is 0 Å². The second-order valence-corrected chi connectivity index (χ2v) is 7.04. The molecule has 0 aliphatic carbocycles. The highest BCUT2D eigenvalue weighted by molar-refractivity contribution is 5.80. The maximum absolute atomic E-state index is 5.46. The molecule has 0 spiro atoms. The number of nitrogens with zero attached hydrogens (tertiary/aromatic N) is 3. The molecule has 0 fully saturated rings. The van der Waals surface area contributed by atoms with Crippen molar-refractivity contribution in [3.63, 3.8) is 0 Å². The molecular formula is C26H24N4O3. The van der Waals surface area contributed by atoms with E-state index in [0.29, 0.717) is 17.4 Å². The van der Waals surface area contributed by atoms with Gasteiger partial charge in [-0.2, -0.15) is 5.10 Å². The number of benzene rings is 3. The van der Waals surface area contributed by atoms with Crippen LogP contribution in [0.1, 0.15) is 5.56 Å². The molecule has 4 rings (SSSR count). The summed E-state index contributed by atoms with van der Waals surface area (Å²) in [6.45, 7) is 0. The first-order valence-corrected chi connectivity index (χ1v) is 10.3. The van der Waals surface area contributed by atoms with E-state index in [4.69, 9.17) is 14.2 Å². The van der Waals surface area contributed by atoms with Gasteiger partial charge in [-0.25, -0.2) is 15.4 Å². The van der Waals surface area contributed by atoms with Crippen LogP contribution in [0.5, 0.6) is 17.2 Å². The van der Waals surface area contributed by atoms with E-state index in [1.165, 1.54) is 0 Å². The summed E-state index contributed by atoms with van der Waals surface area (Å²) in [6, 6.07) is 25.1. The SMILES string of the molecule is COc1ccc(/C=N/Nc2nc(-c3ccccc3)cc(-c3ccc(OC)c(OC)c3)n2)cc1. The van der Waals surface area contributed by atoms with Gasteiger partial charge < -0.3 is 14.2 Å². The molecular weight excluding hydrogens is 416 g/mol. The zero-order valence-electron chi connectivity index (χ0n) is 18.6. The van der Waals surface area contributed by atoms with Gasteiger partial charge in [-0.05, 0) is 54.1 Å². The molecule has 0 radical (unpaired) electrons. The number of hydrogen-bond acceptors (Lipinski definition) is 7. The maximum Gasteiger partial charge on any atom is 0.244 e. The highest BCUT2D eigenvalue weighted by Gasteiger charge is 2.11. The van der Waals surface area contributed by atoms with E-state index in [-0.39, 0.29) is 0 Å². The molecule has 0 aliphatic heterocycles. The third-order valence-corrected chi connectivity index (χ3v) is 4.97. The van der Waals surface area contributed by atoms with Crippen LogP contribution in [0.4, 0.5) is 5.95 Å². The summed E-state index contributed by atoms with van der Waals surface area (Å²) in [5, 5.41) is 4.31. The lowest BCUT2D eigenvalue weighted by Gasteiger charge is -2.11. The Hall–Kier alpha value is -4.39. The lowest BCUT2D eigenvalue weighted by Crippen LogP contribution is -2.00. The van der Waals surface area contributed by atoms with Crippen LogP contribution in [0.15, 0.2) is 84.0 Å². The topological polar surface area (TPSA) is 77.9 Å². The number of hydrogen-bond donors (Lipinski definition) is 1. The summed E-state index contributed by atoms with van der Waals surface area (Å²) in [5.41, 5.74) is 7.22. The molecule has 7 nitrogen and oxygen atoms in total. The highest BCUT2D eigenvalue weighted by atomic mass is 16.5. The summed E-state index contributed by atoms with van der Waals surface area (Å²) in [5.74, 6) is 2.45.